The van der Waals surface area contributed by atoms with Crippen LogP contribution in [0.4, 0.5) is 0 Å². The molecular formula is C11H14BrN3O2. The van der Waals surface area contributed by atoms with Crippen LogP contribution in [-0.4, -0.2) is 35.4 Å². The van der Waals surface area contributed by atoms with Crippen LogP contribution in [0.15, 0.2) is 33.9 Å². The Balaban J connectivity index is 2.60. The van der Waals surface area contributed by atoms with Crippen molar-refractivity contribution < 1.29 is 10.0 Å². The molecule has 0 spiro atoms. The van der Waals surface area contributed by atoms with Gasteiger partial charge in [-0.3, -0.25) is 4.79 Å². The Morgan fingerprint density at radius 1 is 1.59 bits per heavy atom. The quantitative estimate of drug-likeness (QED) is 0.379. The van der Waals surface area contributed by atoms with Gasteiger partial charge in [0.2, 0.25) is 5.91 Å². The molecule has 17 heavy (non-hydrogen) atoms. The molecule has 0 bridgehead atoms. The normalized spacial score (nSPS) is 11.3. The number of halogens is 1. The molecule has 0 unspecified atom stereocenters. The highest BCUT2D eigenvalue weighted by molar-refractivity contribution is 9.10. The molecule has 1 amide bonds. The molecule has 92 valence electrons. The van der Waals surface area contributed by atoms with Crippen molar-refractivity contribution >= 4 is 27.7 Å². The minimum absolute atomic E-state index is 0.00934. The number of hydrogen-bond acceptors (Lipinski definition) is 3. The predicted octanol–water partition coefficient (Wildman–Crippen LogP) is 1.20. The molecule has 0 saturated heterocycles. The lowest BCUT2D eigenvalue weighted by atomic mass is 10.1. The Bertz CT molecular complexity index is 434. The van der Waals surface area contributed by atoms with Crippen molar-refractivity contribution in [2.75, 3.05) is 13.6 Å². The van der Waals surface area contributed by atoms with E-state index in [4.69, 9.17) is 10.9 Å². The van der Waals surface area contributed by atoms with E-state index in [0.717, 1.165) is 10.0 Å². The summed E-state index contributed by atoms with van der Waals surface area (Å²) in [5, 5.41) is 11.2. The number of likely N-dealkylation sites (N-methyl/N-ethyl adjacent to an activating group) is 1. The van der Waals surface area contributed by atoms with Gasteiger partial charge in [-0.2, -0.15) is 0 Å². The summed E-state index contributed by atoms with van der Waals surface area (Å²) in [6, 6.07) is 7.53. The molecular weight excluding hydrogens is 286 g/mol. The number of carbonyl (C=O) groups excluding carboxylic acids is 1. The van der Waals surface area contributed by atoms with Crippen LogP contribution < -0.4 is 5.73 Å². The van der Waals surface area contributed by atoms with Crippen molar-refractivity contribution in [2.24, 2.45) is 10.9 Å². The topological polar surface area (TPSA) is 78.9 Å². The maximum absolute atomic E-state index is 11.8. The van der Waals surface area contributed by atoms with Gasteiger partial charge >= 0.3 is 0 Å². The van der Waals surface area contributed by atoms with E-state index in [2.05, 4.69) is 21.1 Å². The highest BCUT2D eigenvalue weighted by atomic mass is 79.9. The SMILES string of the molecule is CN(CC(N)=NO)C(=O)Cc1cccc(Br)c1. The molecule has 1 aromatic rings. The second kappa shape index (κ2) is 6.24. The van der Waals surface area contributed by atoms with Gasteiger partial charge in [-0.05, 0) is 17.7 Å². The van der Waals surface area contributed by atoms with E-state index >= 15 is 0 Å². The van der Waals surface area contributed by atoms with E-state index in [1.807, 2.05) is 24.3 Å². The summed E-state index contributed by atoms with van der Waals surface area (Å²) in [6.45, 7) is 0.114. The number of carbonyl (C=O) groups is 1. The fourth-order valence-electron chi connectivity index (χ4n) is 1.32. The molecule has 0 aliphatic carbocycles. The van der Waals surface area contributed by atoms with Crippen molar-refractivity contribution in [3.8, 4) is 0 Å². The summed E-state index contributed by atoms with van der Waals surface area (Å²) in [6.07, 6.45) is 0.286. The molecule has 0 aliphatic heterocycles. The monoisotopic (exact) mass is 299 g/mol. The van der Waals surface area contributed by atoms with E-state index in [9.17, 15) is 4.79 Å². The molecule has 0 saturated carbocycles. The number of benzene rings is 1. The van der Waals surface area contributed by atoms with Crippen LogP contribution in [-0.2, 0) is 11.2 Å². The van der Waals surface area contributed by atoms with Crippen molar-refractivity contribution in [3.63, 3.8) is 0 Å². The van der Waals surface area contributed by atoms with Crippen LogP contribution in [0.3, 0.4) is 0 Å². The smallest absolute Gasteiger partial charge is 0.227 e. The number of nitrogens with two attached hydrogens (primary N) is 1. The number of amidine groups is 1. The van der Waals surface area contributed by atoms with Crippen molar-refractivity contribution in [1.29, 1.82) is 0 Å². The Hall–Kier alpha value is -1.56. The van der Waals surface area contributed by atoms with Crippen LogP contribution in [0.5, 0.6) is 0 Å². The molecule has 0 fully saturated rings. The van der Waals surface area contributed by atoms with Crippen LogP contribution in [0.1, 0.15) is 5.56 Å². The number of rotatable bonds is 4. The number of amides is 1. The number of hydrogen-bond donors (Lipinski definition) is 2. The molecule has 6 heteroatoms. The lowest BCUT2D eigenvalue weighted by molar-refractivity contribution is -0.128. The van der Waals surface area contributed by atoms with Crippen LogP contribution in [0, 0.1) is 0 Å². The summed E-state index contributed by atoms with van der Waals surface area (Å²) >= 11 is 3.34. The van der Waals surface area contributed by atoms with Gasteiger partial charge in [-0.15, -0.1) is 0 Å². The minimum Gasteiger partial charge on any atom is -0.409 e. The van der Waals surface area contributed by atoms with Gasteiger partial charge < -0.3 is 15.8 Å². The summed E-state index contributed by atoms with van der Waals surface area (Å²) in [5.74, 6) is -0.0789. The number of nitrogens with zero attached hydrogens (tertiary/aromatic N) is 2. The third-order valence-corrected chi connectivity index (χ3v) is 2.69. The second-order valence-corrected chi connectivity index (χ2v) is 4.56. The zero-order valence-corrected chi connectivity index (χ0v) is 11.0. The first-order chi connectivity index (χ1) is 8.02. The zero-order valence-electron chi connectivity index (χ0n) is 9.43. The third-order valence-electron chi connectivity index (χ3n) is 2.20. The van der Waals surface area contributed by atoms with Crippen molar-refractivity contribution in [3.05, 3.63) is 34.3 Å². The first kappa shape index (κ1) is 13.5. The van der Waals surface area contributed by atoms with Gasteiger partial charge in [0.25, 0.3) is 0 Å². The first-order valence-electron chi connectivity index (χ1n) is 4.97. The molecule has 3 N–H and O–H groups in total. The van der Waals surface area contributed by atoms with Gasteiger partial charge in [0, 0.05) is 11.5 Å². The lowest BCUT2D eigenvalue weighted by Gasteiger charge is -2.16. The van der Waals surface area contributed by atoms with Gasteiger partial charge in [0.1, 0.15) is 0 Å². The van der Waals surface area contributed by atoms with E-state index in [0.29, 0.717) is 0 Å². The summed E-state index contributed by atoms with van der Waals surface area (Å²) in [4.78, 5) is 13.2. The van der Waals surface area contributed by atoms with E-state index in [1.165, 1.54) is 4.90 Å². The van der Waals surface area contributed by atoms with Gasteiger partial charge in [-0.1, -0.05) is 33.2 Å². The van der Waals surface area contributed by atoms with Crippen molar-refractivity contribution in [1.82, 2.24) is 4.90 Å². The Morgan fingerprint density at radius 3 is 2.88 bits per heavy atom. The fraction of sp³-hybridized carbons (Fsp3) is 0.273. The van der Waals surface area contributed by atoms with Crippen LogP contribution >= 0.6 is 15.9 Å². The Kier molecular flexibility index (Phi) is 4.96. The molecule has 1 aromatic carbocycles. The number of oxime groups is 1. The molecule has 1 rings (SSSR count). The molecule has 0 aromatic heterocycles. The second-order valence-electron chi connectivity index (χ2n) is 3.65. The molecule has 0 atom stereocenters. The Labute approximate surface area is 108 Å². The van der Waals surface area contributed by atoms with E-state index < -0.39 is 0 Å². The molecule has 0 heterocycles. The summed E-state index contributed by atoms with van der Waals surface area (Å²) < 4.78 is 0.932. The highest BCUT2D eigenvalue weighted by Gasteiger charge is 2.11. The third kappa shape index (κ3) is 4.44. The van der Waals surface area contributed by atoms with Crippen molar-refractivity contribution in [2.45, 2.75) is 6.42 Å². The first-order valence-corrected chi connectivity index (χ1v) is 5.77. The van der Waals surface area contributed by atoms with Crippen LogP contribution in [0.2, 0.25) is 0 Å². The standard InChI is InChI=1S/C11H14BrN3O2/c1-15(7-10(13)14-17)11(16)6-8-3-2-4-9(12)5-8/h2-5,17H,6-7H2,1H3,(H2,13,14). The van der Waals surface area contributed by atoms with Gasteiger partial charge in [0.15, 0.2) is 5.84 Å². The van der Waals surface area contributed by atoms with Gasteiger partial charge in [-0.25, -0.2) is 0 Å². The molecule has 0 aliphatic rings. The fourth-order valence-corrected chi connectivity index (χ4v) is 1.77. The molecule has 5 nitrogen and oxygen atoms in total. The van der Waals surface area contributed by atoms with E-state index in [-0.39, 0.29) is 24.7 Å². The predicted molar refractivity (Wildman–Crippen MR) is 68.9 cm³/mol. The summed E-state index contributed by atoms with van der Waals surface area (Å²) in [7, 11) is 1.61. The van der Waals surface area contributed by atoms with Gasteiger partial charge in [0.05, 0.1) is 13.0 Å². The highest BCUT2D eigenvalue weighted by Crippen LogP contribution is 2.12. The Morgan fingerprint density at radius 2 is 2.29 bits per heavy atom. The average Bonchev–Trinajstić information content (AvgIpc) is 2.28. The minimum atomic E-state index is -0.0882. The molecule has 0 radical (unpaired) electrons. The maximum Gasteiger partial charge on any atom is 0.227 e. The zero-order chi connectivity index (χ0) is 12.8. The summed E-state index contributed by atoms with van der Waals surface area (Å²) in [5.41, 5.74) is 6.24. The average molecular weight is 300 g/mol. The maximum atomic E-state index is 11.8. The largest absolute Gasteiger partial charge is 0.409 e. The van der Waals surface area contributed by atoms with Crippen LogP contribution in [0.25, 0.3) is 0 Å². The van der Waals surface area contributed by atoms with E-state index in [1.54, 1.807) is 7.05 Å². The lowest BCUT2D eigenvalue weighted by Crippen LogP contribution is -2.36.